The number of hydrogen-bond donors (Lipinski definition) is 0. The molecule has 1 unspecified atom stereocenters. The minimum Gasteiger partial charge on any atom is -0.459 e. The van der Waals surface area contributed by atoms with Gasteiger partial charge < -0.3 is 4.74 Å². The standard InChI is InChI=1S/C24H45FO2/c1-3-5-6-7-8-9-10-11-12-14-17-20-23(27-24(26)4-2)21-18-15-13-16-19-22-25/h4,23H,2-3,5-22H2,1H3. The van der Waals surface area contributed by atoms with Crippen LogP contribution in [0.2, 0.25) is 0 Å². The fourth-order valence-corrected chi connectivity index (χ4v) is 3.51. The Morgan fingerprint density at radius 1 is 0.778 bits per heavy atom. The summed E-state index contributed by atoms with van der Waals surface area (Å²) in [6.07, 6.45) is 22.7. The normalized spacial score (nSPS) is 12.1. The minimum atomic E-state index is -0.305. The molecule has 0 saturated heterocycles. The number of ether oxygens (including phenoxy) is 1. The van der Waals surface area contributed by atoms with Crippen molar-refractivity contribution in [1.82, 2.24) is 0 Å². The lowest BCUT2D eigenvalue weighted by Crippen LogP contribution is -2.16. The SMILES string of the molecule is C=CC(=O)OC(CCCCCCCF)CCCCCCCCCCCCC. The molecule has 3 heteroatoms. The lowest BCUT2D eigenvalue weighted by Gasteiger charge is -2.17. The van der Waals surface area contributed by atoms with Crippen molar-refractivity contribution in [2.75, 3.05) is 6.67 Å². The van der Waals surface area contributed by atoms with Gasteiger partial charge in [-0.15, -0.1) is 0 Å². The highest BCUT2D eigenvalue weighted by Crippen LogP contribution is 2.17. The minimum absolute atomic E-state index is 0.0234. The molecule has 0 N–H and O–H groups in total. The summed E-state index contributed by atoms with van der Waals surface area (Å²) >= 11 is 0. The number of halogens is 1. The van der Waals surface area contributed by atoms with Crippen molar-refractivity contribution in [3.05, 3.63) is 12.7 Å². The molecule has 0 fully saturated rings. The van der Waals surface area contributed by atoms with Gasteiger partial charge in [0, 0.05) is 6.08 Å². The van der Waals surface area contributed by atoms with E-state index in [1.54, 1.807) is 0 Å². The molecule has 1 atom stereocenters. The third-order valence-electron chi connectivity index (χ3n) is 5.24. The summed E-state index contributed by atoms with van der Waals surface area (Å²) in [7, 11) is 0. The molecule has 0 spiro atoms. The van der Waals surface area contributed by atoms with E-state index >= 15 is 0 Å². The van der Waals surface area contributed by atoms with Gasteiger partial charge in [0.2, 0.25) is 0 Å². The van der Waals surface area contributed by atoms with Crippen molar-refractivity contribution in [2.24, 2.45) is 0 Å². The second-order valence-corrected chi connectivity index (χ2v) is 7.83. The van der Waals surface area contributed by atoms with Gasteiger partial charge >= 0.3 is 5.97 Å². The monoisotopic (exact) mass is 384 g/mol. The molecule has 0 aromatic carbocycles. The predicted molar refractivity (Wildman–Crippen MR) is 115 cm³/mol. The molecule has 0 heterocycles. The number of unbranched alkanes of at least 4 members (excludes halogenated alkanes) is 14. The first-order valence-corrected chi connectivity index (χ1v) is 11.6. The molecule has 27 heavy (non-hydrogen) atoms. The fourth-order valence-electron chi connectivity index (χ4n) is 3.51. The van der Waals surface area contributed by atoms with Crippen molar-refractivity contribution in [2.45, 2.75) is 129 Å². The van der Waals surface area contributed by atoms with Gasteiger partial charge in [-0.05, 0) is 32.1 Å². The van der Waals surface area contributed by atoms with Crippen LogP contribution in [-0.2, 0) is 9.53 Å². The molecule has 0 radical (unpaired) electrons. The Kier molecular flexibility index (Phi) is 20.8. The first-order valence-electron chi connectivity index (χ1n) is 11.6. The van der Waals surface area contributed by atoms with E-state index in [0.717, 1.165) is 44.9 Å². The van der Waals surface area contributed by atoms with E-state index in [0.29, 0.717) is 6.42 Å². The maximum Gasteiger partial charge on any atom is 0.330 e. The summed E-state index contributed by atoms with van der Waals surface area (Å²) in [5.74, 6) is -0.305. The maximum absolute atomic E-state index is 12.1. The first-order chi connectivity index (χ1) is 13.2. The van der Waals surface area contributed by atoms with Crippen LogP contribution in [0.1, 0.15) is 122 Å². The Balaban J connectivity index is 3.67. The molecule has 0 aliphatic rings. The van der Waals surface area contributed by atoms with Crippen LogP contribution >= 0.6 is 0 Å². The fraction of sp³-hybridized carbons (Fsp3) is 0.875. The lowest BCUT2D eigenvalue weighted by atomic mass is 10.0. The van der Waals surface area contributed by atoms with Crippen LogP contribution in [0.15, 0.2) is 12.7 Å². The van der Waals surface area contributed by atoms with E-state index in [2.05, 4.69) is 13.5 Å². The molecule has 0 rings (SSSR count). The van der Waals surface area contributed by atoms with E-state index in [-0.39, 0.29) is 18.7 Å². The van der Waals surface area contributed by atoms with E-state index in [9.17, 15) is 9.18 Å². The Labute approximate surface area is 168 Å². The highest BCUT2D eigenvalue weighted by molar-refractivity contribution is 5.81. The van der Waals surface area contributed by atoms with Crippen molar-refractivity contribution < 1.29 is 13.9 Å². The maximum atomic E-state index is 12.1. The average Bonchev–Trinajstić information content (AvgIpc) is 2.68. The molecular formula is C24H45FO2. The molecule has 0 saturated carbocycles. The third kappa shape index (κ3) is 19.7. The van der Waals surface area contributed by atoms with Gasteiger partial charge in [0.25, 0.3) is 0 Å². The highest BCUT2D eigenvalue weighted by Gasteiger charge is 2.12. The van der Waals surface area contributed by atoms with Gasteiger partial charge in [0.15, 0.2) is 0 Å². The van der Waals surface area contributed by atoms with E-state index in [4.69, 9.17) is 4.74 Å². The number of carbonyl (C=O) groups excluding carboxylic acids is 1. The highest BCUT2D eigenvalue weighted by atomic mass is 19.1. The summed E-state index contributed by atoms with van der Waals surface area (Å²) in [4.78, 5) is 11.5. The van der Waals surface area contributed by atoms with Crippen molar-refractivity contribution >= 4 is 5.97 Å². The van der Waals surface area contributed by atoms with Crippen molar-refractivity contribution in [3.8, 4) is 0 Å². The molecule has 0 bridgehead atoms. The second kappa shape index (κ2) is 21.4. The van der Waals surface area contributed by atoms with Crippen LogP contribution in [0.25, 0.3) is 0 Å². The summed E-state index contributed by atoms with van der Waals surface area (Å²) in [6.45, 7) is 5.55. The topological polar surface area (TPSA) is 26.3 Å². The Bertz CT molecular complexity index is 330. The first kappa shape index (κ1) is 26.1. The smallest absolute Gasteiger partial charge is 0.330 e. The van der Waals surface area contributed by atoms with Gasteiger partial charge in [-0.25, -0.2) is 4.79 Å². The zero-order valence-electron chi connectivity index (χ0n) is 18.0. The Morgan fingerprint density at radius 3 is 1.59 bits per heavy atom. The number of esters is 1. The molecular weight excluding hydrogens is 339 g/mol. The molecule has 0 amide bonds. The molecule has 0 aromatic rings. The van der Waals surface area contributed by atoms with Crippen LogP contribution in [0.3, 0.4) is 0 Å². The van der Waals surface area contributed by atoms with Crippen LogP contribution in [0.5, 0.6) is 0 Å². The quantitative estimate of drug-likeness (QED) is 0.113. The zero-order chi connectivity index (χ0) is 20.0. The second-order valence-electron chi connectivity index (χ2n) is 7.83. The van der Waals surface area contributed by atoms with E-state index in [1.165, 1.54) is 70.3 Å². The number of hydrogen-bond acceptors (Lipinski definition) is 2. The average molecular weight is 385 g/mol. The van der Waals surface area contributed by atoms with Gasteiger partial charge in [-0.2, -0.15) is 0 Å². The summed E-state index contributed by atoms with van der Waals surface area (Å²) < 4.78 is 17.6. The van der Waals surface area contributed by atoms with Crippen LogP contribution in [-0.4, -0.2) is 18.7 Å². The molecule has 0 aliphatic carbocycles. The summed E-state index contributed by atoms with van der Waals surface area (Å²) in [6, 6.07) is 0. The lowest BCUT2D eigenvalue weighted by molar-refractivity contribution is -0.143. The Morgan fingerprint density at radius 2 is 1.19 bits per heavy atom. The van der Waals surface area contributed by atoms with E-state index in [1.807, 2.05) is 0 Å². The molecule has 160 valence electrons. The van der Waals surface area contributed by atoms with Gasteiger partial charge in [-0.3, -0.25) is 4.39 Å². The van der Waals surface area contributed by atoms with Crippen LogP contribution < -0.4 is 0 Å². The summed E-state index contributed by atoms with van der Waals surface area (Å²) in [5, 5.41) is 0. The number of carbonyl (C=O) groups is 1. The Hall–Kier alpha value is -0.860. The predicted octanol–water partition coefficient (Wildman–Crippen LogP) is 8.10. The molecule has 0 aromatic heterocycles. The van der Waals surface area contributed by atoms with Gasteiger partial charge in [0.05, 0.1) is 6.67 Å². The van der Waals surface area contributed by atoms with Crippen molar-refractivity contribution in [1.29, 1.82) is 0 Å². The number of rotatable bonds is 21. The van der Waals surface area contributed by atoms with Crippen LogP contribution in [0, 0.1) is 0 Å². The molecule has 2 nitrogen and oxygen atoms in total. The van der Waals surface area contributed by atoms with E-state index < -0.39 is 0 Å². The van der Waals surface area contributed by atoms with Crippen LogP contribution in [0.4, 0.5) is 4.39 Å². The number of alkyl halides is 1. The zero-order valence-corrected chi connectivity index (χ0v) is 18.0. The molecule has 0 aliphatic heterocycles. The third-order valence-corrected chi connectivity index (χ3v) is 5.24. The summed E-state index contributed by atoms with van der Waals surface area (Å²) in [5.41, 5.74) is 0. The largest absolute Gasteiger partial charge is 0.459 e. The van der Waals surface area contributed by atoms with Crippen molar-refractivity contribution in [3.63, 3.8) is 0 Å². The van der Waals surface area contributed by atoms with Gasteiger partial charge in [0.1, 0.15) is 6.10 Å². The van der Waals surface area contributed by atoms with Gasteiger partial charge in [-0.1, -0.05) is 97.0 Å².